The molecule has 0 spiro atoms. The molecule has 0 aromatic heterocycles. The summed E-state index contributed by atoms with van der Waals surface area (Å²) < 4.78 is 10.8. The van der Waals surface area contributed by atoms with Gasteiger partial charge in [0.1, 0.15) is 6.61 Å². The van der Waals surface area contributed by atoms with Crippen LogP contribution in [0.4, 0.5) is 0 Å². The molecular weight excluding hydrogens is 204 g/mol. The van der Waals surface area contributed by atoms with E-state index in [-0.39, 0.29) is 11.9 Å². The third-order valence-electron chi connectivity index (χ3n) is 2.94. The Hall–Kier alpha value is -1.61. The van der Waals surface area contributed by atoms with Gasteiger partial charge in [0.2, 0.25) is 0 Å². The third kappa shape index (κ3) is 1.74. The van der Waals surface area contributed by atoms with Crippen LogP contribution in [-0.4, -0.2) is 12.6 Å². The van der Waals surface area contributed by atoms with E-state index in [1.807, 2.05) is 30.3 Å². The fourth-order valence-electron chi connectivity index (χ4n) is 1.88. The molecule has 16 heavy (non-hydrogen) atoms. The first-order valence-electron chi connectivity index (χ1n) is 5.36. The second kappa shape index (κ2) is 3.76. The van der Waals surface area contributed by atoms with Gasteiger partial charge in [-0.2, -0.15) is 0 Å². The molecule has 2 aliphatic rings. The number of ether oxygens (including phenoxy) is 2. The van der Waals surface area contributed by atoms with E-state index < -0.39 is 0 Å². The van der Waals surface area contributed by atoms with Crippen molar-refractivity contribution >= 4 is 5.97 Å². The molecule has 1 aromatic rings. The Morgan fingerprint density at radius 1 is 1.06 bits per heavy atom. The zero-order valence-electron chi connectivity index (χ0n) is 8.81. The topological polar surface area (TPSA) is 35.5 Å². The van der Waals surface area contributed by atoms with Gasteiger partial charge in [0, 0.05) is 0 Å². The van der Waals surface area contributed by atoms with E-state index in [1.54, 1.807) is 0 Å². The molecule has 0 saturated carbocycles. The van der Waals surface area contributed by atoms with Crippen LogP contribution in [0, 0.1) is 5.92 Å². The Bertz CT molecular complexity index is 462. The summed E-state index contributed by atoms with van der Waals surface area (Å²) in [7, 11) is 0. The van der Waals surface area contributed by atoms with Crippen LogP contribution in [0.2, 0.25) is 0 Å². The molecule has 3 rings (SSSR count). The van der Waals surface area contributed by atoms with Gasteiger partial charge in [-0.25, -0.2) is 0 Å². The second-order valence-electron chi connectivity index (χ2n) is 4.09. The van der Waals surface area contributed by atoms with Crippen LogP contribution in [0.25, 0.3) is 0 Å². The first kappa shape index (κ1) is 9.60. The molecule has 1 heterocycles. The van der Waals surface area contributed by atoms with Crippen molar-refractivity contribution < 1.29 is 14.3 Å². The Morgan fingerprint density at radius 2 is 1.81 bits per heavy atom. The summed E-state index contributed by atoms with van der Waals surface area (Å²) in [6, 6.07) is 7.88. The van der Waals surface area contributed by atoms with E-state index in [0.717, 1.165) is 16.7 Å². The fraction of sp³-hybridized carbons (Fsp3) is 0.308. The molecule has 0 fully saturated rings. The number of rotatable bonds is 0. The van der Waals surface area contributed by atoms with E-state index in [0.29, 0.717) is 19.8 Å². The molecule has 0 N–H and O–H groups in total. The van der Waals surface area contributed by atoms with E-state index >= 15 is 0 Å². The van der Waals surface area contributed by atoms with Gasteiger partial charge in [0.25, 0.3) is 0 Å². The maximum Gasteiger partial charge on any atom is 0.317 e. The molecule has 0 unspecified atom stereocenters. The molecule has 1 aromatic carbocycles. The van der Waals surface area contributed by atoms with E-state index in [9.17, 15) is 4.79 Å². The summed E-state index contributed by atoms with van der Waals surface area (Å²) in [6.45, 7) is 1.46. The summed E-state index contributed by atoms with van der Waals surface area (Å²) in [5.41, 5.74) is 3.17. The molecule has 0 amide bonds. The molecule has 0 saturated heterocycles. The normalized spacial score (nSPS) is 23.6. The number of esters is 1. The summed E-state index contributed by atoms with van der Waals surface area (Å²) in [6.07, 6.45) is 1.90. The predicted octanol–water partition coefficient (Wildman–Crippen LogP) is 1.82. The largest absolute Gasteiger partial charge is 0.460 e. The maximum atomic E-state index is 11.6. The maximum absolute atomic E-state index is 11.6. The van der Waals surface area contributed by atoms with Gasteiger partial charge in [0.15, 0.2) is 0 Å². The Kier molecular flexibility index (Phi) is 2.26. The van der Waals surface area contributed by atoms with Crippen LogP contribution in [0.15, 0.2) is 35.9 Å². The van der Waals surface area contributed by atoms with Crippen molar-refractivity contribution in [2.24, 2.45) is 5.92 Å². The van der Waals surface area contributed by atoms with Crippen molar-refractivity contribution in [3.8, 4) is 0 Å². The quantitative estimate of drug-likeness (QED) is 0.490. The molecule has 0 bridgehead atoms. The van der Waals surface area contributed by atoms with Gasteiger partial charge < -0.3 is 9.47 Å². The average molecular weight is 216 g/mol. The van der Waals surface area contributed by atoms with Crippen molar-refractivity contribution in [1.82, 2.24) is 0 Å². The SMILES string of the molecule is O=C1OCc2ccccc2COCC2=C[C@@H]12. The van der Waals surface area contributed by atoms with E-state index in [2.05, 4.69) is 0 Å². The van der Waals surface area contributed by atoms with E-state index in [1.165, 1.54) is 0 Å². The van der Waals surface area contributed by atoms with Crippen LogP contribution in [0.1, 0.15) is 11.1 Å². The van der Waals surface area contributed by atoms with Crippen LogP contribution in [-0.2, 0) is 27.5 Å². The van der Waals surface area contributed by atoms with Crippen molar-refractivity contribution in [2.75, 3.05) is 6.61 Å². The second-order valence-corrected chi connectivity index (χ2v) is 4.09. The lowest BCUT2D eigenvalue weighted by molar-refractivity contribution is -0.146. The predicted molar refractivity (Wildman–Crippen MR) is 57.5 cm³/mol. The first-order valence-corrected chi connectivity index (χ1v) is 5.36. The number of cyclic esters (lactones) is 1. The molecule has 82 valence electrons. The average Bonchev–Trinajstić information content (AvgIpc) is 3.07. The molecule has 1 aliphatic carbocycles. The number of carbonyl (C=O) groups is 1. The number of hydrogen-bond acceptors (Lipinski definition) is 3. The van der Waals surface area contributed by atoms with Gasteiger partial charge in [-0.05, 0) is 16.7 Å². The number of fused-ring (bicyclic) bond motifs is 2. The molecule has 0 radical (unpaired) electrons. The Morgan fingerprint density at radius 3 is 2.62 bits per heavy atom. The highest BCUT2D eigenvalue weighted by molar-refractivity contribution is 5.83. The van der Waals surface area contributed by atoms with Crippen LogP contribution >= 0.6 is 0 Å². The van der Waals surface area contributed by atoms with Crippen molar-refractivity contribution in [3.05, 3.63) is 47.0 Å². The van der Waals surface area contributed by atoms with Crippen molar-refractivity contribution in [3.63, 3.8) is 0 Å². The molecule has 1 atom stereocenters. The van der Waals surface area contributed by atoms with Crippen molar-refractivity contribution in [2.45, 2.75) is 13.2 Å². The standard InChI is InChI=1S/C13H12O3/c14-13-12-5-11(12)7-15-6-9-3-1-2-4-10(9)8-16-13/h1-5,12H,6-8H2/t12-/m1/s1. The third-order valence-corrected chi connectivity index (χ3v) is 2.94. The summed E-state index contributed by atoms with van der Waals surface area (Å²) in [4.78, 5) is 11.6. The van der Waals surface area contributed by atoms with Crippen LogP contribution in [0.3, 0.4) is 0 Å². The van der Waals surface area contributed by atoms with Crippen LogP contribution < -0.4 is 0 Å². The summed E-state index contributed by atoms with van der Waals surface area (Å²) >= 11 is 0. The highest BCUT2D eigenvalue weighted by Gasteiger charge is 2.33. The lowest BCUT2D eigenvalue weighted by atomic mass is 10.1. The number of carbonyl (C=O) groups excluding carboxylic acids is 1. The van der Waals surface area contributed by atoms with E-state index in [4.69, 9.17) is 9.47 Å². The summed E-state index contributed by atoms with van der Waals surface area (Å²) in [5.74, 6) is -0.277. The smallest absolute Gasteiger partial charge is 0.317 e. The van der Waals surface area contributed by atoms with Gasteiger partial charge in [-0.1, -0.05) is 30.3 Å². The lowest BCUT2D eigenvalue weighted by Crippen LogP contribution is -2.13. The lowest BCUT2D eigenvalue weighted by Gasteiger charge is -2.12. The van der Waals surface area contributed by atoms with Crippen molar-refractivity contribution in [1.29, 1.82) is 0 Å². The number of benzene rings is 1. The summed E-state index contributed by atoms with van der Waals surface area (Å²) in [5, 5.41) is 0. The molecular formula is C13H12O3. The zero-order chi connectivity index (χ0) is 11.0. The molecule has 3 nitrogen and oxygen atoms in total. The number of hydrogen-bond donors (Lipinski definition) is 0. The van der Waals surface area contributed by atoms with Gasteiger partial charge in [-0.3, -0.25) is 4.79 Å². The fourth-order valence-corrected chi connectivity index (χ4v) is 1.88. The highest BCUT2D eigenvalue weighted by Crippen LogP contribution is 2.31. The minimum absolute atomic E-state index is 0.120. The van der Waals surface area contributed by atoms with Gasteiger partial charge in [-0.15, -0.1) is 0 Å². The zero-order valence-corrected chi connectivity index (χ0v) is 8.81. The molecule has 3 heteroatoms. The highest BCUT2D eigenvalue weighted by atomic mass is 16.5. The molecule has 1 aliphatic heterocycles. The van der Waals surface area contributed by atoms with Crippen LogP contribution in [0.5, 0.6) is 0 Å². The first-order chi connectivity index (χ1) is 7.84. The minimum Gasteiger partial charge on any atom is -0.460 e. The Balaban J connectivity index is 1.83. The Labute approximate surface area is 93.7 Å². The monoisotopic (exact) mass is 216 g/mol. The van der Waals surface area contributed by atoms with Gasteiger partial charge >= 0.3 is 5.97 Å². The van der Waals surface area contributed by atoms with Gasteiger partial charge in [0.05, 0.1) is 19.1 Å². The minimum atomic E-state index is -0.157.